The lowest BCUT2D eigenvalue weighted by atomic mass is 10.0. The van der Waals surface area contributed by atoms with E-state index in [2.05, 4.69) is 0 Å². The number of hydrogen-bond donors (Lipinski definition) is 0. The van der Waals surface area contributed by atoms with Gasteiger partial charge in [0.25, 0.3) is 11.8 Å². The van der Waals surface area contributed by atoms with Gasteiger partial charge in [0.2, 0.25) is 5.91 Å². The topological polar surface area (TPSA) is 70.8 Å². The van der Waals surface area contributed by atoms with Crippen LogP contribution in [0.2, 0.25) is 0 Å². The predicted molar refractivity (Wildman–Crippen MR) is 103 cm³/mol. The van der Waals surface area contributed by atoms with Gasteiger partial charge < -0.3 is 9.32 Å². The van der Waals surface area contributed by atoms with E-state index >= 15 is 0 Å². The van der Waals surface area contributed by atoms with Crippen molar-refractivity contribution in [2.75, 3.05) is 13.1 Å². The number of carbonyl (C=O) groups excluding carboxylic acids is 3. The fourth-order valence-corrected chi connectivity index (χ4v) is 4.18. The fourth-order valence-electron chi connectivity index (χ4n) is 4.18. The maximum absolute atomic E-state index is 13.4. The first-order valence-corrected chi connectivity index (χ1v) is 9.76. The van der Waals surface area contributed by atoms with Gasteiger partial charge >= 0.3 is 0 Å². The van der Waals surface area contributed by atoms with Crippen molar-refractivity contribution < 1.29 is 18.8 Å². The Hall–Kier alpha value is -2.89. The molecule has 1 aromatic carbocycles. The van der Waals surface area contributed by atoms with Gasteiger partial charge in [-0.2, -0.15) is 0 Å². The van der Waals surface area contributed by atoms with Crippen LogP contribution in [-0.2, 0) is 4.79 Å². The molecule has 146 valence electrons. The molecule has 2 aliphatic heterocycles. The average Bonchev–Trinajstić information content (AvgIpc) is 3.41. The maximum Gasteiger partial charge on any atom is 0.262 e. The number of fused-ring (bicyclic) bond motifs is 1. The number of rotatable bonds is 5. The molecule has 1 fully saturated rings. The predicted octanol–water partition coefficient (Wildman–Crippen LogP) is 3.31. The van der Waals surface area contributed by atoms with Gasteiger partial charge in [-0.1, -0.05) is 26.0 Å². The highest BCUT2D eigenvalue weighted by Crippen LogP contribution is 2.31. The summed E-state index contributed by atoms with van der Waals surface area (Å²) in [7, 11) is 0. The van der Waals surface area contributed by atoms with Crippen LogP contribution in [-0.4, -0.2) is 46.7 Å². The van der Waals surface area contributed by atoms with E-state index in [4.69, 9.17) is 4.42 Å². The molecular formula is C22H24N2O4. The zero-order valence-electron chi connectivity index (χ0n) is 16.1. The third kappa shape index (κ3) is 3.13. The number of carbonyl (C=O) groups is 3. The maximum atomic E-state index is 13.4. The quantitative estimate of drug-likeness (QED) is 0.746. The summed E-state index contributed by atoms with van der Waals surface area (Å²) in [6.45, 7) is 5.13. The summed E-state index contributed by atoms with van der Waals surface area (Å²) in [6.07, 6.45) is 2.90. The van der Waals surface area contributed by atoms with Crippen molar-refractivity contribution >= 4 is 17.7 Å². The third-order valence-corrected chi connectivity index (χ3v) is 5.56. The Kier molecular flexibility index (Phi) is 4.79. The van der Waals surface area contributed by atoms with E-state index < -0.39 is 6.04 Å². The lowest BCUT2D eigenvalue weighted by Gasteiger charge is -2.30. The minimum atomic E-state index is -0.775. The van der Waals surface area contributed by atoms with Crippen LogP contribution in [0.25, 0.3) is 0 Å². The van der Waals surface area contributed by atoms with Crippen LogP contribution in [0.3, 0.4) is 0 Å². The molecule has 0 saturated carbocycles. The van der Waals surface area contributed by atoms with Crippen molar-refractivity contribution in [3.63, 3.8) is 0 Å². The summed E-state index contributed by atoms with van der Waals surface area (Å²) in [5.74, 6) is 0.291. The van der Waals surface area contributed by atoms with Crippen LogP contribution in [0.5, 0.6) is 0 Å². The van der Waals surface area contributed by atoms with E-state index in [0.717, 1.165) is 12.2 Å². The highest BCUT2D eigenvalue weighted by atomic mass is 16.3. The second-order valence-electron chi connectivity index (χ2n) is 7.96. The molecule has 0 bridgehead atoms. The van der Waals surface area contributed by atoms with Crippen LogP contribution < -0.4 is 0 Å². The molecule has 1 saturated heterocycles. The summed E-state index contributed by atoms with van der Waals surface area (Å²) in [6, 6.07) is 9.77. The number of amides is 3. The molecule has 1 aromatic heterocycles. The zero-order chi connectivity index (χ0) is 19.8. The molecular weight excluding hydrogens is 356 g/mol. The average molecular weight is 380 g/mol. The van der Waals surface area contributed by atoms with Crippen molar-refractivity contribution in [2.24, 2.45) is 5.92 Å². The molecule has 4 rings (SSSR count). The lowest BCUT2D eigenvalue weighted by molar-refractivity contribution is -0.135. The first-order valence-electron chi connectivity index (χ1n) is 9.76. The van der Waals surface area contributed by atoms with Gasteiger partial charge in [0.15, 0.2) is 0 Å². The molecule has 2 unspecified atom stereocenters. The Morgan fingerprint density at radius 1 is 1.11 bits per heavy atom. The molecule has 6 nitrogen and oxygen atoms in total. The molecule has 28 heavy (non-hydrogen) atoms. The molecule has 3 heterocycles. The Balaban J connectivity index is 1.58. The van der Waals surface area contributed by atoms with Gasteiger partial charge in [-0.05, 0) is 43.0 Å². The molecule has 3 amide bonds. The molecule has 0 spiro atoms. The molecule has 6 heteroatoms. The largest absolute Gasteiger partial charge is 0.469 e. The number of furan rings is 1. The van der Waals surface area contributed by atoms with E-state index in [1.165, 1.54) is 4.90 Å². The number of imide groups is 1. The van der Waals surface area contributed by atoms with E-state index in [9.17, 15) is 14.4 Å². The summed E-state index contributed by atoms with van der Waals surface area (Å²) in [5, 5.41) is 0. The van der Waals surface area contributed by atoms with Crippen molar-refractivity contribution in [1.82, 2.24) is 9.80 Å². The molecule has 2 aromatic rings. The van der Waals surface area contributed by atoms with Gasteiger partial charge in [0, 0.05) is 19.0 Å². The van der Waals surface area contributed by atoms with Crippen molar-refractivity contribution in [2.45, 2.75) is 38.6 Å². The third-order valence-electron chi connectivity index (χ3n) is 5.56. The van der Waals surface area contributed by atoms with E-state index in [-0.39, 0.29) is 29.6 Å². The number of nitrogens with zero attached hydrogens (tertiary/aromatic N) is 2. The van der Waals surface area contributed by atoms with E-state index in [0.29, 0.717) is 30.6 Å². The summed E-state index contributed by atoms with van der Waals surface area (Å²) >= 11 is 0. The first-order chi connectivity index (χ1) is 13.5. The SMILES string of the molecule is CC(C)CC(C(=O)N1CCC(c2ccco2)C1)N1C(=O)c2ccccc2C1=O. The number of hydrogen-bond acceptors (Lipinski definition) is 4. The smallest absolute Gasteiger partial charge is 0.262 e. The van der Waals surface area contributed by atoms with Gasteiger partial charge in [-0.15, -0.1) is 0 Å². The van der Waals surface area contributed by atoms with Gasteiger partial charge in [-0.3, -0.25) is 19.3 Å². The minimum Gasteiger partial charge on any atom is -0.469 e. The van der Waals surface area contributed by atoms with Crippen molar-refractivity contribution in [3.05, 3.63) is 59.5 Å². The normalized spacial score (nSPS) is 20.2. The van der Waals surface area contributed by atoms with E-state index in [1.54, 1.807) is 35.4 Å². The Morgan fingerprint density at radius 3 is 2.36 bits per heavy atom. The highest BCUT2D eigenvalue weighted by Gasteiger charge is 2.45. The molecule has 2 atom stereocenters. The van der Waals surface area contributed by atoms with Crippen LogP contribution in [0.1, 0.15) is 59.1 Å². The second kappa shape index (κ2) is 7.26. The van der Waals surface area contributed by atoms with Crippen molar-refractivity contribution in [3.8, 4) is 0 Å². The van der Waals surface area contributed by atoms with Crippen molar-refractivity contribution in [1.29, 1.82) is 0 Å². The van der Waals surface area contributed by atoms with Crippen LogP contribution in [0.15, 0.2) is 47.1 Å². The standard InChI is InChI=1S/C22H24N2O4/c1-14(2)12-18(24-20(25)16-6-3-4-7-17(16)21(24)26)22(27)23-10-9-15(13-23)19-8-5-11-28-19/h3-8,11,14-15,18H,9-10,12-13H2,1-2H3. The molecule has 0 aliphatic carbocycles. The lowest BCUT2D eigenvalue weighted by Crippen LogP contribution is -2.51. The Bertz CT molecular complexity index is 868. The van der Waals surface area contributed by atoms with Gasteiger partial charge in [0.05, 0.1) is 17.4 Å². The zero-order valence-corrected chi connectivity index (χ0v) is 16.1. The number of likely N-dealkylation sites (tertiary alicyclic amines) is 1. The minimum absolute atomic E-state index is 0.154. The summed E-state index contributed by atoms with van der Waals surface area (Å²) < 4.78 is 5.49. The fraction of sp³-hybridized carbons (Fsp3) is 0.409. The van der Waals surface area contributed by atoms with E-state index in [1.807, 2.05) is 26.0 Å². The van der Waals surface area contributed by atoms with Gasteiger partial charge in [-0.25, -0.2) is 0 Å². The highest BCUT2D eigenvalue weighted by molar-refractivity contribution is 6.22. The Labute approximate surface area is 164 Å². The molecule has 2 aliphatic rings. The summed E-state index contributed by atoms with van der Waals surface area (Å²) in [5.41, 5.74) is 0.757. The van der Waals surface area contributed by atoms with Gasteiger partial charge in [0.1, 0.15) is 11.8 Å². The van der Waals surface area contributed by atoms with Crippen LogP contribution in [0.4, 0.5) is 0 Å². The van der Waals surface area contributed by atoms with Crippen LogP contribution in [0, 0.1) is 5.92 Å². The second-order valence-corrected chi connectivity index (χ2v) is 7.96. The first kappa shape index (κ1) is 18.5. The molecule has 0 N–H and O–H groups in total. The number of benzene rings is 1. The monoisotopic (exact) mass is 380 g/mol. The molecule has 0 radical (unpaired) electrons. The Morgan fingerprint density at radius 2 is 1.79 bits per heavy atom. The summed E-state index contributed by atoms with van der Waals surface area (Å²) in [4.78, 5) is 42.2. The van der Waals surface area contributed by atoms with Crippen LogP contribution >= 0.6 is 0 Å².